The van der Waals surface area contributed by atoms with Crippen molar-refractivity contribution in [3.05, 3.63) is 72.6 Å². The van der Waals surface area contributed by atoms with Crippen LogP contribution in [-0.4, -0.2) is 23.0 Å². The third kappa shape index (κ3) is 4.36. The van der Waals surface area contributed by atoms with Crippen molar-refractivity contribution in [2.24, 2.45) is 0 Å². The molecule has 2 N–H and O–H groups in total. The lowest BCUT2D eigenvalue weighted by atomic mass is 10.1. The van der Waals surface area contributed by atoms with E-state index < -0.39 is 12.1 Å². The Kier molecular flexibility index (Phi) is 5.43. The van der Waals surface area contributed by atoms with Gasteiger partial charge in [0.1, 0.15) is 12.6 Å². The van der Waals surface area contributed by atoms with E-state index in [1.165, 1.54) is 0 Å². The second kappa shape index (κ2) is 8.11. The Hall–Kier alpha value is -3.41. The van der Waals surface area contributed by atoms with Crippen molar-refractivity contribution in [1.82, 2.24) is 10.3 Å². The lowest BCUT2D eigenvalue weighted by molar-refractivity contribution is -0.117. The number of amides is 2. The molecule has 0 saturated carbocycles. The van der Waals surface area contributed by atoms with Gasteiger partial charge in [0, 0.05) is 28.9 Å². The molecule has 0 saturated heterocycles. The van der Waals surface area contributed by atoms with Crippen molar-refractivity contribution in [3.63, 3.8) is 0 Å². The van der Waals surface area contributed by atoms with E-state index in [-0.39, 0.29) is 12.5 Å². The van der Waals surface area contributed by atoms with Gasteiger partial charge in [-0.25, -0.2) is 4.79 Å². The summed E-state index contributed by atoms with van der Waals surface area (Å²) in [6.07, 6.45) is 2.76. The smallest absolute Gasteiger partial charge is 0.408 e. The number of ether oxygens (including phenoxy) is 1. The number of carbonyl (C=O) groups is 2. The van der Waals surface area contributed by atoms with Crippen molar-refractivity contribution in [2.75, 3.05) is 5.32 Å². The number of benzene rings is 2. The van der Waals surface area contributed by atoms with Gasteiger partial charge in [-0.15, -0.1) is 0 Å². The molecule has 0 aliphatic carbocycles. The largest absolute Gasteiger partial charge is 0.445 e. The van der Waals surface area contributed by atoms with E-state index in [2.05, 4.69) is 15.6 Å². The van der Waals surface area contributed by atoms with Gasteiger partial charge in [-0.2, -0.15) is 0 Å². The highest BCUT2D eigenvalue weighted by molar-refractivity contribution is 6.04. The summed E-state index contributed by atoms with van der Waals surface area (Å²) >= 11 is 0. The number of hydrogen-bond donors (Lipinski definition) is 2. The first-order valence-corrected chi connectivity index (χ1v) is 8.24. The minimum Gasteiger partial charge on any atom is -0.445 e. The second-order valence-electron chi connectivity index (χ2n) is 5.82. The molecular weight excluding hydrogens is 330 g/mol. The molecular formula is C20H19N3O3. The molecule has 0 aliphatic rings. The standard InChI is InChI=1S/C20H19N3O3/c1-14(22-20(25)26-13-15-6-3-2-4-7-15)19(24)23-18-9-5-8-16-12-21-11-10-17(16)18/h2-12,14H,13H2,1H3,(H,22,25)(H,23,24). The summed E-state index contributed by atoms with van der Waals surface area (Å²) in [6, 6.07) is 16.0. The Balaban J connectivity index is 1.56. The Labute approximate surface area is 151 Å². The van der Waals surface area contributed by atoms with Gasteiger partial charge in [0.15, 0.2) is 0 Å². The van der Waals surface area contributed by atoms with Gasteiger partial charge in [-0.1, -0.05) is 42.5 Å². The number of anilines is 1. The van der Waals surface area contributed by atoms with E-state index in [1.54, 1.807) is 25.4 Å². The number of nitrogens with one attached hydrogen (secondary N) is 2. The number of aromatic nitrogens is 1. The third-order valence-corrected chi connectivity index (χ3v) is 3.88. The van der Waals surface area contributed by atoms with Crippen molar-refractivity contribution < 1.29 is 14.3 Å². The molecule has 3 aromatic rings. The van der Waals surface area contributed by atoms with E-state index in [1.807, 2.05) is 48.5 Å². The molecule has 6 heteroatoms. The maximum atomic E-state index is 12.4. The number of rotatable bonds is 5. The first-order chi connectivity index (χ1) is 12.6. The highest BCUT2D eigenvalue weighted by Crippen LogP contribution is 2.22. The van der Waals surface area contributed by atoms with Crippen molar-refractivity contribution in [3.8, 4) is 0 Å². The number of carbonyl (C=O) groups excluding carboxylic acids is 2. The highest BCUT2D eigenvalue weighted by atomic mass is 16.5. The first-order valence-electron chi connectivity index (χ1n) is 8.24. The minimum atomic E-state index is -0.740. The molecule has 3 rings (SSSR count). The van der Waals surface area contributed by atoms with Gasteiger partial charge in [0.2, 0.25) is 5.91 Å². The molecule has 1 heterocycles. The lowest BCUT2D eigenvalue weighted by Crippen LogP contribution is -2.41. The zero-order valence-electron chi connectivity index (χ0n) is 14.3. The van der Waals surface area contributed by atoms with Crippen LogP contribution in [0.1, 0.15) is 12.5 Å². The van der Waals surface area contributed by atoms with Gasteiger partial charge < -0.3 is 15.4 Å². The molecule has 2 amide bonds. The van der Waals surface area contributed by atoms with E-state index in [0.717, 1.165) is 16.3 Å². The monoisotopic (exact) mass is 349 g/mol. The van der Waals surface area contributed by atoms with Crippen LogP contribution >= 0.6 is 0 Å². The number of nitrogens with zero attached hydrogens (tertiary/aromatic N) is 1. The van der Waals surface area contributed by atoms with Gasteiger partial charge in [-0.05, 0) is 24.6 Å². The number of hydrogen-bond acceptors (Lipinski definition) is 4. The second-order valence-corrected chi connectivity index (χ2v) is 5.82. The fourth-order valence-electron chi connectivity index (χ4n) is 2.48. The van der Waals surface area contributed by atoms with E-state index in [0.29, 0.717) is 5.69 Å². The van der Waals surface area contributed by atoms with Gasteiger partial charge in [0.25, 0.3) is 0 Å². The molecule has 0 aliphatic heterocycles. The van der Waals surface area contributed by atoms with Crippen LogP contribution < -0.4 is 10.6 Å². The fourth-order valence-corrected chi connectivity index (χ4v) is 2.48. The summed E-state index contributed by atoms with van der Waals surface area (Å²) in [6.45, 7) is 1.75. The van der Waals surface area contributed by atoms with E-state index in [9.17, 15) is 9.59 Å². The predicted molar refractivity (Wildman–Crippen MR) is 99.6 cm³/mol. The molecule has 0 radical (unpaired) electrons. The van der Waals surface area contributed by atoms with E-state index >= 15 is 0 Å². The zero-order valence-corrected chi connectivity index (χ0v) is 14.3. The van der Waals surface area contributed by atoms with Crippen LogP contribution in [0.5, 0.6) is 0 Å². The Morgan fingerprint density at radius 1 is 1.08 bits per heavy atom. The molecule has 132 valence electrons. The minimum absolute atomic E-state index is 0.150. The summed E-state index contributed by atoms with van der Waals surface area (Å²) in [7, 11) is 0. The van der Waals surface area contributed by atoms with Crippen LogP contribution in [-0.2, 0) is 16.1 Å². The Morgan fingerprint density at radius 3 is 2.69 bits per heavy atom. The number of pyridine rings is 1. The van der Waals surface area contributed by atoms with Gasteiger partial charge in [0.05, 0.1) is 0 Å². The lowest BCUT2D eigenvalue weighted by Gasteiger charge is -2.15. The van der Waals surface area contributed by atoms with Crippen molar-refractivity contribution in [1.29, 1.82) is 0 Å². The Bertz CT molecular complexity index is 907. The normalized spacial score (nSPS) is 11.6. The summed E-state index contributed by atoms with van der Waals surface area (Å²) in [5.74, 6) is -0.328. The van der Waals surface area contributed by atoms with Crippen molar-refractivity contribution in [2.45, 2.75) is 19.6 Å². The maximum absolute atomic E-state index is 12.4. The molecule has 2 aromatic carbocycles. The van der Waals surface area contributed by atoms with E-state index in [4.69, 9.17) is 4.74 Å². The molecule has 0 spiro atoms. The summed E-state index contributed by atoms with van der Waals surface area (Å²) in [5.41, 5.74) is 1.55. The average Bonchev–Trinajstić information content (AvgIpc) is 2.67. The third-order valence-electron chi connectivity index (χ3n) is 3.88. The fraction of sp³-hybridized carbons (Fsp3) is 0.150. The van der Waals surface area contributed by atoms with Crippen molar-refractivity contribution >= 4 is 28.5 Å². The summed E-state index contributed by atoms with van der Waals surface area (Å²) in [5, 5.41) is 7.17. The molecule has 0 bridgehead atoms. The quantitative estimate of drug-likeness (QED) is 0.739. The number of fused-ring (bicyclic) bond motifs is 1. The highest BCUT2D eigenvalue weighted by Gasteiger charge is 2.17. The first kappa shape index (κ1) is 17.4. The van der Waals surface area contributed by atoms with Crippen LogP contribution in [0.3, 0.4) is 0 Å². The molecule has 1 aromatic heterocycles. The summed E-state index contributed by atoms with van der Waals surface area (Å²) in [4.78, 5) is 28.3. The van der Waals surface area contributed by atoms with Crippen LogP contribution in [0, 0.1) is 0 Å². The predicted octanol–water partition coefficient (Wildman–Crippen LogP) is 3.49. The molecule has 26 heavy (non-hydrogen) atoms. The zero-order chi connectivity index (χ0) is 18.4. The van der Waals surface area contributed by atoms with Crippen LogP contribution in [0.15, 0.2) is 67.0 Å². The van der Waals surface area contributed by atoms with Crippen LogP contribution in [0.2, 0.25) is 0 Å². The molecule has 1 unspecified atom stereocenters. The maximum Gasteiger partial charge on any atom is 0.408 e. The average molecular weight is 349 g/mol. The molecule has 0 fully saturated rings. The Morgan fingerprint density at radius 2 is 1.88 bits per heavy atom. The molecule has 1 atom stereocenters. The topological polar surface area (TPSA) is 80.3 Å². The van der Waals surface area contributed by atoms with Gasteiger partial charge >= 0.3 is 6.09 Å². The van der Waals surface area contributed by atoms with Crippen LogP contribution in [0.25, 0.3) is 10.8 Å². The SMILES string of the molecule is CC(NC(=O)OCc1ccccc1)C(=O)Nc1cccc2cnccc12. The van der Waals surface area contributed by atoms with Crippen LogP contribution in [0.4, 0.5) is 10.5 Å². The molecule has 6 nitrogen and oxygen atoms in total. The number of alkyl carbamates (subject to hydrolysis) is 1. The summed E-state index contributed by atoms with van der Waals surface area (Å²) < 4.78 is 5.13. The van der Waals surface area contributed by atoms with Gasteiger partial charge in [-0.3, -0.25) is 9.78 Å².